The molecule has 0 unspecified atom stereocenters. The van der Waals surface area contributed by atoms with Gasteiger partial charge in [0, 0.05) is 23.6 Å². The Bertz CT molecular complexity index is 707. The average Bonchev–Trinajstić information content (AvgIpc) is 2.66. The largest absolute Gasteiger partial charge is 0.432 e. The molecule has 0 aliphatic heterocycles. The van der Waals surface area contributed by atoms with Crippen molar-refractivity contribution in [3.8, 4) is 0 Å². The standard InChI is InChI=1S/C15H18F3I2NOSi/c1-23(2,3)7-6-22-9-21-12-5-4-10(19)8-11(12)13(20)14(21)15(16,17)18/h4-5,8H,6-7,9H2,1-3H3. The summed E-state index contributed by atoms with van der Waals surface area (Å²) in [5.74, 6) is 0. The molecule has 0 aliphatic carbocycles. The van der Waals surface area contributed by atoms with Crippen LogP contribution in [-0.2, 0) is 17.6 Å². The molecule has 8 heteroatoms. The fourth-order valence-corrected chi connectivity index (χ4v) is 4.51. The molecule has 1 heterocycles. The summed E-state index contributed by atoms with van der Waals surface area (Å²) in [6, 6.07) is 6.27. The normalized spacial score (nSPS) is 13.0. The summed E-state index contributed by atoms with van der Waals surface area (Å²) in [5, 5.41) is 0.624. The van der Waals surface area contributed by atoms with E-state index in [0.29, 0.717) is 17.5 Å². The first kappa shape index (κ1) is 19.5. The average molecular weight is 567 g/mol. The third-order valence-corrected chi connectivity index (χ3v) is 6.92. The molecule has 0 fully saturated rings. The van der Waals surface area contributed by atoms with Crippen molar-refractivity contribution in [1.82, 2.24) is 4.57 Å². The highest BCUT2D eigenvalue weighted by Crippen LogP contribution is 2.39. The van der Waals surface area contributed by atoms with Gasteiger partial charge in [-0.1, -0.05) is 19.6 Å². The first-order valence-corrected chi connectivity index (χ1v) is 13.0. The molecule has 0 aliphatic rings. The topological polar surface area (TPSA) is 14.2 Å². The van der Waals surface area contributed by atoms with Crippen molar-refractivity contribution in [2.24, 2.45) is 0 Å². The first-order chi connectivity index (χ1) is 10.5. The summed E-state index contributed by atoms with van der Waals surface area (Å²) >= 11 is 3.89. The van der Waals surface area contributed by atoms with Gasteiger partial charge < -0.3 is 9.30 Å². The van der Waals surface area contributed by atoms with Gasteiger partial charge in [-0.15, -0.1) is 0 Å². The van der Waals surface area contributed by atoms with E-state index in [4.69, 9.17) is 4.74 Å². The second-order valence-electron chi connectivity index (χ2n) is 6.60. The van der Waals surface area contributed by atoms with Crippen LogP contribution < -0.4 is 0 Å². The van der Waals surface area contributed by atoms with Gasteiger partial charge in [0.15, 0.2) is 0 Å². The SMILES string of the molecule is C[Si](C)(C)CCOCn1c(C(F)(F)F)c(I)c2cc(I)ccc21. The Hall–Kier alpha value is 0.187. The zero-order valence-corrected chi connectivity index (χ0v) is 18.4. The molecule has 2 aromatic rings. The molecule has 1 aromatic heterocycles. The van der Waals surface area contributed by atoms with Crippen molar-refractivity contribution in [2.75, 3.05) is 6.61 Å². The summed E-state index contributed by atoms with van der Waals surface area (Å²) in [6.45, 7) is 7.07. The lowest BCUT2D eigenvalue weighted by Crippen LogP contribution is -2.22. The third-order valence-electron chi connectivity index (χ3n) is 3.45. The number of ether oxygens (including phenoxy) is 1. The zero-order chi connectivity index (χ0) is 17.4. The van der Waals surface area contributed by atoms with Crippen LogP contribution in [0.15, 0.2) is 18.2 Å². The highest BCUT2D eigenvalue weighted by atomic mass is 127. The molecule has 0 N–H and O–H groups in total. The van der Waals surface area contributed by atoms with Crippen LogP contribution in [0.1, 0.15) is 5.69 Å². The Morgan fingerprint density at radius 2 is 1.83 bits per heavy atom. The number of nitrogens with zero attached hydrogens (tertiary/aromatic N) is 1. The van der Waals surface area contributed by atoms with Gasteiger partial charge in [0.2, 0.25) is 0 Å². The summed E-state index contributed by atoms with van der Waals surface area (Å²) in [4.78, 5) is 0. The lowest BCUT2D eigenvalue weighted by Gasteiger charge is -2.17. The zero-order valence-electron chi connectivity index (χ0n) is 13.1. The minimum absolute atomic E-state index is 0.0700. The third kappa shape index (κ3) is 4.85. The van der Waals surface area contributed by atoms with Crippen LogP contribution in [0, 0.1) is 7.14 Å². The molecule has 0 bridgehead atoms. The minimum Gasteiger partial charge on any atom is -0.361 e. The number of hydrogen-bond donors (Lipinski definition) is 0. The van der Waals surface area contributed by atoms with Crippen molar-refractivity contribution < 1.29 is 17.9 Å². The van der Waals surface area contributed by atoms with Gasteiger partial charge in [0.05, 0.1) is 9.09 Å². The molecule has 0 spiro atoms. The van der Waals surface area contributed by atoms with Gasteiger partial charge >= 0.3 is 6.18 Å². The molecular weight excluding hydrogens is 549 g/mol. The highest BCUT2D eigenvalue weighted by molar-refractivity contribution is 14.1. The number of fused-ring (bicyclic) bond motifs is 1. The molecule has 0 saturated carbocycles. The molecule has 0 amide bonds. The van der Waals surface area contributed by atoms with E-state index in [1.165, 1.54) is 4.57 Å². The van der Waals surface area contributed by atoms with Crippen LogP contribution >= 0.6 is 45.2 Å². The maximum atomic E-state index is 13.5. The van der Waals surface area contributed by atoms with Crippen molar-refractivity contribution >= 4 is 64.2 Å². The van der Waals surface area contributed by atoms with Gasteiger partial charge in [-0.3, -0.25) is 0 Å². The lowest BCUT2D eigenvalue weighted by atomic mass is 10.2. The summed E-state index contributed by atoms with van der Waals surface area (Å²) in [6.07, 6.45) is -4.40. The van der Waals surface area contributed by atoms with Crippen molar-refractivity contribution in [2.45, 2.75) is 38.6 Å². The summed E-state index contributed by atoms with van der Waals surface area (Å²) < 4.78 is 48.4. The van der Waals surface area contributed by atoms with Crippen LogP contribution in [0.2, 0.25) is 25.7 Å². The second kappa shape index (κ2) is 7.20. The quantitative estimate of drug-likeness (QED) is 0.239. The van der Waals surface area contributed by atoms with Gasteiger partial charge in [0.25, 0.3) is 0 Å². The fraction of sp³-hybridized carbons (Fsp3) is 0.467. The maximum Gasteiger partial charge on any atom is 0.432 e. The summed E-state index contributed by atoms with van der Waals surface area (Å²) in [5.41, 5.74) is -0.0572. The predicted molar refractivity (Wildman–Crippen MR) is 106 cm³/mol. The Balaban J connectivity index is 2.37. The number of rotatable bonds is 5. The minimum atomic E-state index is -4.40. The van der Waals surface area contributed by atoms with Gasteiger partial charge in [0.1, 0.15) is 12.4 Å². The molecule has 1 aromatic carbocycles. The number of aromatic nitrogens is 1. The second-order valence-corrected chi connectivity index (χ2v) is 14.5. The van der Waals surface area contributed by atoms with Crippen LogP contribution in [-0.4, -0.2) is 19.2 Å². The van der Waals surface area contributed by atoms with E-state index in [9.17, 15) is 13.2 Å². The van der Waals surface area contributed by atoms with Gasteiger partial charge in [-0.2, -0.15) is 13.2 Å². The monoisotopic (exact) mass is 567 g/mol. The van der Waals surface area contributed by atoms with E-state index in [2.05, 4.69) is 42.2 Å². The lowest BCUT2D eigenvalue weighted by molar-refractivity contribution is -0.146. The Morgan fingerprint density at radius 1 is 1.17 bits per heavy atom. The molecule has 0 radical (unpaired) electrons. The Labute approximate surface area is 162 Å². The van der Waals surface area contributed by atoms with Crippen molar-refractivity contribution in [3.63, 3.8) is 0 Å². The molecule has 0 atom stereocenters. The molecule has 2 nitrogen and oxygen atoms in total. The fourth-order valence-electron chi connectivity index (χ4n) is 2.23. The van der Waals surface area contributed by atoms with E-state index in [-0.39, 0.29) is 10.3 Å². The first-order valence-electron chi connectivity index (χ1n) is 7.13. The molecule has 2 rings (SSSR count). The van der Waals surface area contributed by atoms with Crippen molar-refractivity contribution in [3.05, 3.63) is 31.0 Å². The molecule has 23 heavy (non-hydrogen) atoms. The predicted octanol–water partition coefficient (Wildman–Crippen LogP) is 6.18. The number of alkyl halides is 3. The Morgan fingerprint density at radius 3 is 2.39 bits per heavy atom. The van der Waals surface area contributed by atoms with Crippen LogP contribution in [0.5, 0.6) is 0 Å². The highest BCUT2D eigenvalue weighted by Gasteiger charge is 2.38. The van der Waals surface area contributed by atoms with Crippen LogP contribution in [0.25, 0.3) is 10.9 Å². The molecule has 128 valence electrons. The molecular formula is C15H18F3I2NOSi. The molecule has 0 saturated heterocycles. The van der Waals surface area contributed by atoms with Gasteiger partial charge in [-0.05, 0) is 69.4 Å². The summed E-state index contributed by atoms with van der Waals surface area (Å²) in [7, 11) is -1.26. The van der Waals surface area contributed by atoms with Crippen LogP contribution in [0.3, 0.4) is 0 Å². The van der Waals surface area contributed by atoms with Crippen LogP contribution in [0.4, 0.5) is 13.2 Å². The van der Waals surface area contributed by atoms with E-state index in [1.807, 2.05) is 6.07 Å². The van der Waals surface area contributed by atoms with Gasteiger partial charge in [-0.25, -0.2) is 0 Å². The number of halogens is 5. The van der Waals surface area contributed by atoms with E-state index in [0.717, 1.165) is 9.61 Å². The van der Waals surface area contributed by atoms with E-state index in [1.54, 1.807) is 34.7 Å². The number of benzene rings is 1. The number of hydrogen-bond acceptors (Lipinski definition) is 1. The van der Waals surface area contributed by atoms with E-state index >= 15 is 0 Å². The van der Waals surface area contributed by atoms with Crippen molar-refractivity contribution in [1.29, 1.82) is 0 Å². The Kier molecular flexibility index (Phi) is 6.11. The van der Waals surface area contributed by atoms with E-state index < -0.39 is 19.9 Å². The maximum absolute atomic E-state index is 13.5. The smallest absolute Gasteiger partial charge is 0.361 e.